The van der Waals surface area contributed by atoms with Gasteiger partial charge in [0.05, 0.1) is 18.6 Å². The molecule has 0 aromatic heterocycles. The van der Waals surface area contributed by atoms with Gasteiger partial charge >= 0.3 is 0 Å². The summed E-state index contributed by atoms with van der Waals surface area (Å²) < 4.78 is 5.09. The van der Waals surface area contributed by atoms with Gasteiger partial charge in [-0.2, -0.15) is 0 Å². The summed E-state index contributed by atoms with van der Waals surface area (Å²) in [6, 6.07) is 0.0525. The molecule has 0 spiro atoms. The topological polar surface area (TPSA) is 49.9 Å². The number of ether oxygens (including phenoxy) is 1. The van der Waals surface area contributed by atoms with Crippen LogP contribution >= 0.6 is 0 Å². The number of carbonyl (C=O) groups excluding carboxylic acids is 2. The molecule has 2 atom stereocenters. The van der Waals surface area contributed by atoms with Crippen molar-refractivity contribution >= 4 is 11.8 Å². The fourth-order valence-electron chi connectivity index (χ4n) is 3.03. The molecule has 19 heavy (non-hydrogen) atoms. The van der Waals surface area contributed by atoms with Crippen molar-refractivity contribution in [2.45, 2.75) is 38.6 Å². The largest absolute Gasteiger partial charge is 0.383 e. The van der Waals surface area contributed by atoms with Gasteiger partial charge in [-0.15, -0.1) is 0 Å². The highest BCUT2D eigenvalue weighted by Crippen LogP contribution is 2.23. The first-order valence-corrected chi connectivity index (χ1v) is 7.20. The van der Waals surface area contributed by atoms with Crippen molar-refractivity contribution in [3.8, 4) is 0 Å². The van der Waals surface area contributed by atoms with E-state index in [1.807, 2.05) is 11.8 Å². The van der Waals surface area contributed by atoms with Gasteiger partial charge in [-0.1, -0.05) is 0 Å². The third kappa shape index (κ3) is 3.26. The molecule has 2 rings (SSSR count). The van der Waals surface area contributed by atoms with Crippen LogP contribution in [0.2, 0.25) is 0 Å². The predicted molar refractivity (Wildman–Crippen MR) is 71.6 cm³/mol. The Kier molecular flexibility index (Phi) is 4.80. The Morgan fingerprint density at radius 1 is 1.37 bits per heavy atom. The van der Waals surface area contributed by atoms with Gasteiger partial charge in [0, 0.05) is 33.2 Å². The Bertz CT molecular complexity index is 340. The molecule has 0 aromatic rings. The number of carbonyl (C=O) groups is 2. The average molecular weight is 268 g/mol. The maximum Gasteiger partial charge on any atom is 0.227 e. The lowest BCUT2D eigenvalue weighted by atomic mass is 10.0. The van der Waals surface area contributed by atoms with E-state index in [0.717, 1.165) is 25.9 Å². The molecule has 5 nitrogen and oxygen atoms in total. The number of nitrogens with zero attached hydrogens (tertiary/aromatic N) is 2. The van der Waals surface area contributed by atoms with Crippen molar-refractivity contribution in [3.05, 3.63) is 0 Å². The average Bonchev–Trinajstić information content (AvgIpc) is 2.81. The zero-order chi connectivity index (χ0) is 13.8. The molecule has 108 valence electrons. The number of amides is 2. The van der Waals surface area contributed by atoms with Crippen molar-refractivity contribution in [3.63, 3.8) is 0 Å². The quantitative estimate of drug-likeness (QED) is 0.760. The van der Waals surface area contributed by atoms with Crippen LogP contribution in [0.4, 0.5) is 0 Å². The van der Waals surface area contributed by atoms with Crippen LogP contribution < -0.4 is 0 Å². The van der Waals surface area contributed by atoms with Crippen LogP contribution in [-0.4, -0.2) is 61.0 Å². The molecule has 0 radical (unpaired) electrons. The van der Waals surface area contributed by atoms with Crippen molar-refractivity contribution in [1.29, 1.82) is 0 Å². The molecule has 0 aliphatic carbocycles. The minimum absolute atomic E-state index is 0.0525. The molecule has 0 saturated carbocycles. The summed E-state index contributed by atoms with van der Waals surface area (Å²) in [5, 5.41) is 0. The molecule has 0 N–H and O–H groups in total. The van der Waals surface area contributed by atoms with Crippen molar-refractivity contribution in [2.24, 2.45) is 5.92 Å². The van der Waals surface area contributed by atoms with Gasteiger partial charge in [-0.3, -0.25) is 9.59 Å². The third-order valence-electron chi connectivity index (χ3n) is 4.12. The summed E-state index contributed by atoms with van der Waals surface area (Å²) in [6.45, 7) is 4.76. The van der Waals surface area contributed by atoms with E-state index in [1.165, 1.54) is 6.42 Å². The summed E-state index contributed by atoms with van der Waals surface area (Å²) in [4.78, 5) is 28.1. The van der Waals surface area contributed by atoms with Crippen LogP contribution in [0.1, 0.15) is 32.6 Å². The summed E-state index contributed by atoms with van der Waals surface area (Å²) in [5.74, 6) is 0.102. The Hall–Kier alpha value is -1.10. The summed E-state index contributed by atoms with van der Waals surface area (Å²) in [5.41, 5.74) is 0. The molecule has 0 bridgehead atoms. The second kappa shape index (κ2) is 6.37. The lowest BCUT2D eigenvalue weighted by molar-refractivity contribution is -0.136. The first-order chi connectivity index (χ1) is 9.13. The van der Waals surface area contributed by atoms with E-state index in [1.54, 1.807) is 12.0 Å². The van der Waals surface area contributed by atoms with Gasteiger partial charge in [0.25, 0.3) is 0 Å². The summed E-state index contributed by atoms with van der Waals surface area (Å²) in [7, 11) is 1.63. The van der Waals surface area contributed by atoms with Gasteiger partial charge in [-0.05, 0) is 26.2 Å². The Morgan fingerprint density at radius 2 is 2.05 bits per heavy atom. The van der Waals surface area contributed by atoms with Crippen molar-refractivity contribution in [1.82, 2.24) is 9.80 Å². The minimum atomic E-state index is -0.148. The number of rotatable bonds is 4. The normalized spacial score (nSPS) is 25.8. The second-order valence-corrected chi connectivity index (χ2v) is 5.64. The molecular formula is C14H24N2O3. The zero-order valence-electron chi connectivity index (χ0n) is 11.9. The van der Waals surface area contributed by atoms with E-state index in [-0.39, 0.29) is 23.8 Å². The summed E-state index contributed by atoms with van der Waals surface area (Å²) in [6.07, 6.45) is 3.76. The van der Waals surface area contributed by atoms with Gasteiger partial charge in [-0.25, -0.2) is 0 Å². The van der Waals surface area contributed by atoms with Crippen LogP contribution in [0, 0.1) is 5.92 Å². The number of methoxy groups -OCH3 is 1. The molecule has 2 saturated heterocycles. The first-order valence-electron chi connectivity index (χ1n) is 7.20. The number of hydrogen-bond donors (Lipinski definition) is 0. The Balaban J connectivity index is 1.92. The molecule has 0 unspecified atom stereocenters. The molecule has 2 fully saturated rings. The Morgan fingerprint density at radius 3 is 2.68 bits per heavy atom. The standard InChI is InChI=1S/C14H24N2O3/c1-11(10-19-2)16-9-12(8-13(16)17)14(18)15-6-4-3-5-7-15/h11-12H,3-10H2,1-2H3/t11-,12+/m1/s1. The highest BCUT2D eigenvalue weighted by Gasteiger charge is 2.38. The van der Waals surface area contributed by atoms with Crippen LogP contribution in [0.15, 0.2) is 0 Å². The van der Waals surface area contributed by atoms with Crippen LogP contribution in [0.25, 0.3) is 0 Å². The molecule has 0 aromatic carbocycles. The maximum atomic E-state index is 12.4. The number of piperidine rings is 1. The highest BCUT2D eigenvalue weighted by molar-refractivity contribution is 5.89. The van der Waals surface area contributed by atoms with E-state index in [0.29, 0.717) is 19.6 Å². The van der Waals surface area contributed by atoms with Crippen molar-refractivity contribution in [2.75, 3.05) is 33.4 Å². The zero-order valence-corrected chi connectivity index (χ0v) is 11.9. The lowest BCUT2D eigenvalue weighted by Gasteiger charge is -2.29. The fourth-order valence-corrected chi connectivity index (χ4v) is 3.03. The van der Waals surface area contributed by atoms with Gasteiger partial charge in [0.15, 0.2) is 0 Å². The monoisotopic (exact) mass is 268 g/mol. The first kappa shape index (κ1) is 14.3. The van der Waals surface area contributed by atoms with Gasteiger partial charge in [0.2, 0.25) is 11.8 Å². The van der Waals surface area contributed by atoms with Crippen LogP contribution in [0.5, 0.6) is 0 Å². The van der Waals surface area contributed by atoms with E-state index in [4.69, 9.17) is 4.74 Å². The van der Waals surface area contributed by atoms with E-state index >= 15 is 0 Å². The van der Waals surface area contributed by atoms with Crippen LogP contribution in [0.3, 0.4) is 0 Å². The van der Waals surface area contributed by atoms with E-state index in [9.17, 15) is 9.59 Å². The minimum Gasteiger partial charge on any atom is -0.383 e. The molecule has 2 heterocycles. The Labute approximate surface area is 114 Å². The molecule has 5 heteroatoms. The van der Waals surface area contributed by atoms with Crippen LogP contribution in [-0.2, 0) is 14.3 Å². The van der Waals surface area contributed by atoms with Crippen molar-refractivity contribution < 1.29 is 14.3 Å². The van der Waals surface area contributed by atoms with Gasteiger partial charge in [0.1, 0.15) is 0 Å². The lowest BCUT2D eigenvalue weighted by Crippen LogP contribution is -2.42. The van der Waals surface area contributed by atoms with E-state index in [2.05, 4.69) is 0 Å². The number of hydrogen-bond acceptors (Lipinski definition) is 3. The third-order valence-corrected chi connectivity index (χ3v) is 4.12. The van der Waals surface area contributed by atoms with Gasteiger partial charge < -0.3 is 14.5 Å². The molecule has 2 aliphatic rings. The predicted octanol–water partition coefficient (Wildman–Crippen LogP) is 0.882. The molecular weight excluding hydrogens is 244 g/mol. The second-order valence-electron chi connectivity index (χ2n) is 5.64. The maximum absolute atomic E-state index is 12.4. The summed E-state index contributed by atoms with van der Waals surface area (Å²) >= 11 is 0. The molecule has 2 amide bonds. The smallest absolute Gasteiger partial charge is 0.227 e. The molecule has 2 aliphatic heterocycles. The highest BCUT2D eigenvalue weighted by atomic mass is 16.5. The SMILES string of the molecule is COC[C@@H](C)N1C[C@@H](C(=O)N2CCCCC2)CC1=O. The van der Waals surface area contributed by atoms with E-state index < -0.39 is 0 Å². The fraction of sp³-hybridized carbons (Fsp3) is 0.857. The number of likely N-dealkylation sites (tertiary alicyclic amines) is 2.